The molecule has 2 aliphatic rings. The second-order valence-corrected chi connectivity index (χ2v) is 13.0. The number of nitrogens with zero attached hydrogens (tertiary/aromatic N) is 2. The van der Waals surface area contributed by atoms with Gasteiger partial charge in [-0.3, -0.25) is 29.0 Å². The fraction of sp³-hybridized carbons (Fsp3) is 0.333. The van der Waals surface area contributed by atoms with E-state index in [1.807, 2.05) is 52.0 Å². The Labute approximate surface area is 254 Å². The Hall–Kier alpha value is -4.40. The van der Waals surface area contributed by atoms with Crippen molar-refractivity contribution in [2.24, 2.45) is 11.8 Å². The molecule has 2 heterocycles. The van der Waals surface area contributed by atoms with Crippen LogP contribution >= 0.6 is 0 Å². The standard InChI is InChI=1S/C36H34N2O6/c1-17(2)13-19(15-39)37-33(41)25-9-5-21-23-7-11-27-32-28(36(44)38(35(27)43)20(16-40)14-18(3)4)12-8-24(30(23)32)22-6-10-26(34(37)42)31(25)29(21)22/h5-12,17-20,39-40H,13-16H2,1-4H3. The number of benzene rings is 5. The number of amides is 4. The van der Waals surface area contributed by atoms with Crippen molar-refractivity contribution in [2.45, 2.75) is 52.6 Å². The Kier molecular flexibility index (Phi) is 6.50. The van der Waals surface area contributed by atoms with E-state index in [1.165, 1.54) is 9.80 Å². The molecule has 8 heteroatoms. The van der Waals surface area contributed by atoms with Crippen molar-refractivity contribution in [1.82, 2.24) is 9.80 Å². The lowest BCUT2D eigenvalue weighted by molar-refractivity contribution is 0.0432. The van der Waals surface area contributed by atoms with Gasteiger partial charge in [-0.1, -0.05) is 52.0 Å². The van der Waals surface area contributed by atoms with Crippen LogP contribution in [0.4, 0.5) is 0 Å². The second kappa shape index (κ2) is 10.1. The number of hydrogen-bond donors (Lipinski definition) is 2. The summed E-state index contributed by atoms with van der Waals surface area (Å²) in [6.07, 6.45) is 0.988. The van der Waals surface area contributed by atoms with Crippen molar-refractivity contribution in [3.05, 3.63) is 70.8 Å². The minimum absolute atomic E-state index is 0.179. The van der Waals surface area contributed by atoms with Gasteiger partial charge in [0.05, 0.1) is 25.3 Å². The molecule has 0 spiro atoms. The van der Waals surface area contributed by atoms with E-state index in [2.05, 4.69) is 0 Å². The molecule has 0 saturated heterocycles. The normalized spacial score (nSPS) is 16.6. The summed E-state index contributed by atoms with van der Waals surface area (Å²) in [5, 5.41) is 26.3. The van der Waals surface area contributed by atoms with Gasteiger partial charge in [0.15, 0.2) is 0 Å². The summed E-state index contributed by atoms with van der Waals surface area (Å²) in [5.41, 5.74) is 1.66. The van der Waals surface area contributed by atoms with E-state index in [0.29, 0.717) is 45.9 Å². The Balaban J connectivity index is 1.48. The molecule has 7 rings (SSSR count). The molecule has 0 aliphatic carbocycles. The number of carbonyl (C=O) groups is 4. The largest absolute Gasteiger partial charge is 0.394 e. The van der Waals surface area contributed by atoms with Gasteiger partial charge >= 0.3 is 0 Å². The molecule has 224 valence electrons. The summed E-state index contributed by atoms with van der Waals surface area (Å²) in [5.74, 6) is -1.32. The third-order valence-corrected chi connectivity index (χ3v) is 9.34. The quantitative estimate of drug-likeness (QED) is 0.135. The van der Waals surface area contributed by atoms with Crippen LogP contribution in [-0.4, -0.2) is 68.9 Å². The fourth-order valence-corrected chi connectivity index (χ4v) is 7.58. The van der Waals surface area contributed by atoms with E-state index in [4.69, 9.17) is 0 Å². The topological polar surface area (TPSA) is 115 Å². The Morgan fingerprint density at radius 3 is 0.977 bits per heavy atom. The predicted molar refractivity (Wildman–Crippen MR) is 169 cm³/mol. The van der Waals surface area contributed by atoms with Crippen LogP contribution in [0.1, 0.15) is 82.0 Å². The van der Waals surface area contributed by atoms with Gasteiger partial charge in [-0.25, -0.2) is 0 Å². The zero-order chi connectivity index (χ0) is 31.2. The molecule has 2 aliphatic heterocycles. The Morgan fingerprint density at radius 1 is 0.477 bits per heavy atom. The zero-order valence-electron chi connectivity index (χ0n) is 25.2. The van der Waals surface area contributed by atoms with Crippen LogP contribution in [0.3, 0.4) is 0 Å². The van der Waals surface area contributed by atoms with E-state index in [0.717, 1.165) is 32.3 Å². The van der Waals surface area contributed by atoms with Crippen LogP contribution in [0, 0.1) is 11.8 Å². The van der Waals surface area contributed by atoms with Crippen molar-refractivity contribution >= 4 is 66.7 Å². The van der Waals surface area contributed by atoms with Gasteiger partial charge in [-0.2, -0.15) is 0 Å². The van der Waals surface area contributed by atoms with E-state index in [9.17, 15) is 29.4 Å². The zero-order valence-corrected chi connectivity index (χ0v) is 25.2. The molecule has 0 fully saturated rings. The van der Waals surface area contributed by atoms with Crippen LogP contribution in [0.2, 0.25) is 0 Å². The first-order chi connectivity index (χ1) is 21.1. The molecule has 2 unspecified atom stereocenters. The van der Waals surface area contributed by atoms with Crippen molar-refractivity contribution < 1.29 is 29.4 Å². The van der Waals surface area contributed by atoms with Gasteiger partial charge in [0.25, 0.3) is 23.6 Å². The molecular formula is C36H34N2O6. The molecule has 0 saturated carbocycles. The maximum atomic E-state index is 13.8. The van der Waals surface area contributed by atoms with Crippen LogP contribution in [0.25, 0.3) is 43.1 Å². The van der Waals surface area contributed by atoms with Gasteiger partial charge in [0.1, 0.15) is 0 Å². The molecule has 5 aromatic carbocycles. The average Bonchev–Trinajstić information content (AvgIpc) is 3.00. The average molecular weight is 591 g/mol. The van der Waals surface area contributed by atoms with Gasteiger partial charge in [0.2, 0.25) is 0 Å². The number of fused-ring (bicyclic) bond motifs is 2. The minimum Gasteiger partial charge on any atom is -0.394 e. The van der Waals surface area contributed by atoms with Crippen LogP contribution in [-0.2, 0) is 0 Å². The molecule has 44 heavy (non-hydrogen) atoms. The third-order valence-electron chi connectivity index (χ3n) is 9.34. The summed E-state index contributed by atoms with van der Waals surface area (Å²) in [6.45, 7) is 7.34. The first-order valence-corrected chi connectivity index (χ1v) is 15.3. The maximum absolute atomic E-state index is 13.8. The highest BCUT2D eigenvalue weighted by molar-refractivity contribution is 6.41. The SMILES string of the molecule is CC(C)CC(CO)N1C(=O)c2ccc3c4ccc5c6c(ccc(c7ccc(c2c37)C1=O)c64)C(=O)N(C(CO)CC(C)C)C5=O. The van der Waals surface area contributed by atoms with Gasteiger partial charge in [-0.05, 0) is 81.3 Å². The number of carbonyl (C=O) groups excluding carboxylic acids is 4. The third kappa shape index (κ3) is 3.77. The second-order valence-electron chi connectivity index (χ2n) is 13.0. The predicted octanol–water partition coefficient (Wildman–Crippen LogP) is 5.74. The van der Waals surface area contributed by atoms with Crippen LogP contribution in [0.5, 0.6) is 0 Å². The number of hydrogen-bond acceptors (Lipinski definition) is 6. The van der Waals surface area contributed by atoms with Crippen LogP contribution in [0.15, 0.2) is 48.5 Å². The van der Waals surface area contributed by atoms with Gasteiger partial charge in [-0.15, -0.1) is 0 Å². The smallest absolute Gasteiger partial charge is 0.261 e. The minimum atomic E-state index is -0.622. The lowest BCUT2D eigenvalue weighted by Crippen LogP contribution is -2.49. The van der Waals surface area contributed by atoms with Crippen molar-refractivity contribution in [2.75, 3.05) is 13.2 Å². The molecule has 2 N–H and O–H groups in total. The highest BCUT2D eigenvalue weighted by Crippen LogP contribution is 2.46. The number of aliphatic hydroxyl groups excluding tert-OH is 2. The Morgan fingerprint density at radius 2 is 0.750 bits per heavy atom. The molecule has 0 aromatic heterocycles. The summed E-state index contributed by atoms with van der Waals surface area (Å²) < 4.78 is 0. The number of rotatable bonds is 8. The molecule has 5 aromatic rings. The van der Waals surface area contributed by atoms with E-state index in [-0.39, 0.29) is 25.0 Å². The van der Waals surface area contributed by atoms with E-state index < -0.39 is 35.7 Å². The molecule has 0 radical (unpaired) electrons. The first-order valence-electron chi connectivity index (χ1n) is 15.3. The lowest BCUT2D eigenvalue weighted by Gasteiger charge is -2.35. The maximum Gasteiger partial charge on any atom is 0.261 e. The number of imide groups is 2. The van der Waals surface area contributed by atoms with Gasteiger partial charge < -0.3 is 10.2 Å². The highest BCUT2D eigenvalue weighted by Gasteiger charge is 2.40. The molecule has 8 nitrogen and oxygen atoms in total. The van der Waals surface area contributed by atoms with Gasteiger partial charge in [0, 0.05) is 33.0 Å². The van der Waals surface area contributed by atoms with E-state index >= 15 is 0 Å². The fourth-order valence-electron chi connectivity index (χ4n) is 7.58. The highest BCUT2D eigenvalue weighted by atomic mass is 16.3. The van der Waals surface area contributed by atoms with E-state index in [1.54, 1.807) is 24.3 Å². The number of aliphatic hydroxyl groups is 2. The molecule has 2 atom stereocenters. The molecular weight excluding hydrogens is 556 g/mol. The van der Waals surface area contributed by atoms with Crippen molar-refractivity contribution in [3.8, 4) is 0 Å². The molecule has 0 bridgehead atoms. The Bertz CT molecular complexity index is 1790. The van der Waals surface area contributed by atoms with Crippen molar-refractivity contribution in [1.29, 1.82) is 0 Å². The van der Waals surface area contributed by atoms with Crippen LogP contribution < -0.4 is 0 Å². The molecule has 4 amide bonds. The summed E-state index contributed by atoms with van der Waals surface area (Å²) in [7, 11) is 0. The lowest BCUT2D eigenvalue weighted by atomic mass is 9.81. The summed E-state index contributed by atoms with van der Waals surface area (Å²) in [4.78, 5) is 57.8. The monoisotopic (exact) mass is 590 g/mol. The first kappa shape index (κ1) is 28.4. The van der Waals surface area contributed by atoms with Crippen molar-refractivity contribution in [3.63, 3.8) is 0 Å². The summed E-state index contributed by atoms with van der Waals surface area (Å²) >= 11 is 0. The summed E-state index contributed by atoms with van der Waals surface area (Å²) in [6, 6.07) is 13.2.